The second-order valence-electron chi connectivity index (χ2n) is 2.76. The molecule has 0 aromatic carbocycles. The average molecular weight is 190 g/mol. The number of furan rings is 1. The first-order chi connectivity index (χ1) is 6.84. The fourth-order valence-electron chi connectivity index (χ4n) is 1.03. The zero-order valence-corrected chi connectivity index (χ0v) is 7.47. The van der Waals surface area contributed by atoms with Crippen LogP contribution in [0.1, 0.15) is 5.76 Å². The van der Waals surface area contributed by atoms with Gasteiger partial charge in [-0.3, -0.25) is 0 Å². The van der Waals surface area contributed by atoms with E-state index in [0.717, 1.165) is 11.4 Å². The Morgan fingerprint density at radius 2 is 2.14 bits per heavy atom. The van der Waals surface area contributed by atoms with Gasteiger partial charge in [0.1, 0.15) is 5.76 Å². The van der Waals surface area contributed by atoms with Gasteiger partial charge in [0.2, 0.25) is 5.95 Å². The lowest BCUT2D eigenvalue weighted by atomic mass is 10.4. The van der Waals surface area contributed by atoms with E-state index in [-0.39, 0.29) is 5.95 Å². The fraction of sp³-hybridized carbons (Fsp3) is 0.111. The van der Waals surface area contributed by atoms with E-state index in [1.165, 1.54) is 0 Å². The molecular weight excluding hydrogens is 180 g/mol. The predicted octanol–water partition coefficient (Wildman–Crippen LogP) is 1.26. The highest BCUT2D eigenvalue weighted by atomic mass is 16.3. The van der Waals surface area contributed by atoms with Crippen molar-refractivity contribution < 1.29 is 4.42 Å². The lowest BCUT2D eigenvalue weighted by molar-refractivity contribution is 0.518. The second-order valence-corrected chi connectivity index (χ2v) is 2.76. The van der Waals surface area contributed by atoms with E-state index in [4.69, 9.17) is 10.2 Å². The lowest BCUT2D eigenvalue weighted by Gasteiger charge is -2.02. The molecule has 0 bridgehead atoms. The SMILES string of the molecule is Nc1ncc(NCc2ccco2)cn1. The summed E-state index contributed by atoms with van der Waals surface area (Å²) in [5.41, 5.74) is 6.16. The maximum atomic E-state index is 5.35. The van der Waals surface area contributed by atoms with Gasteiger partial charge in [0.25, 0.3) is 0 Å². The van der Waals surface area contributed by atoms with Crippen LogP contribution in [0.25, 0.3) is 0 Å². The van der Waals surface area contributed by atoms with Crippen LogP contribution in [0, 0.1) is 0 Å². The van der Waals surface area contributed by atoms with Crippen molar-refractivity contribution >= 4 is 11.6 Å². The molecule has 2 rings (SSSR count). The molecule has 0 aliphatic heterocycles. The van der Waals surface area contributed by atoms with Crippen molar-refractivity contribution in [2.45, 2.75) is 6.54 Å². The molecule has 0 aliphatic rings. The Hall–Kier alpha value is -2.04. The normalized spacial score (nSPS) is 10.0. The summed E-state index contributed by atoms with van der Waals surface area (Å²) < 4.78 is 5.15. The first-order valence-corrected chi connectivity index (χ1v) is 4.18. The highest BCUT2D eigenvalue weighted by Gasteiger charge is 1.96. The van der Waals surface area contributed by atoms with Gasteiger partial charge in [-0.2, -0.15) is 0 Å². The van der Waals surface area contributed by atoms with Crippen LogP contribution < -0.4 is 11.1 Å². The minimum Gasteiger partial charge on any atom is -0.467 e. The number of nitrogen functional groups attached to an aromatic ring is 1. The summed E-state index contributed by atoms with van der Waals surface area (Å²) in [5, 5.41) is 3.10. The molecule has 2 aromatic heterocycles. The van der Waals surface area contributed by atoms with Crippen LogP contribution in [0.15, 0.2) is 35.2 Å². The molecule has 0 fully saturated rings. The standard InChI is InChI=1S/C9H10N4O/c10-9-12-4-7(5-13-9)11-6-8-2-1-3-14-8/h1-5,11H,6H2,(H2,10,12,13). The summed E-state index contributed by atoms with van der Waals surface area (Å²) in [6.07, 6.45) is 4.90. The number of nitrogens with zero attached hydrogens (tertiary/aromatic N) is 2. The molecule has 0 atom stereocenters. The Bertz CT molecular complexity index is 382. The summed E-state index contributed by atoms with van der Waals surface area (Å²) in [6, 6.07) is 3.74. The van der Waals surface area contributed by atoms with Crippen LogP contribution in [0.3, 0.4) is 0 Å². The number of anilines is 2. The molecule has 14 heavy (non-hydrogen) atoms. The van der Waals surface area contributed by atoms with Crippen LogP contribution in [0.4, 0.5) is 11.6 Å². The third kappa shape index (κ3) is 2.01. The highest BCUT2D eigenvalue weighted by Crippen LogP contribution is 2.07. The minimum absolute atomic E-state index is 0.272. The first-order valence-electron chi connectivity index (χ1n) is 4.18. The summed E-state index contributed by atoms with van der Waals surface area (Å²) in [5.74, 6) is 1.13. The van der Waals surface area contributed by atoms with Gasteiger partial charge in [-0.15, -0.1) is 0 Å². The minimum atomic E-state index is 0.272. The number of nitrogens with two attached hydrogens (primary N) is 1. The third-order valence-corrected chi connectivity index (χ3v) is 1.72. The van der Waals surface area contributed by atoms with Gasteiger partial charge in [-0.05, 0) is 12.1 Å². The van der Waals surface area contributed by atoms with Gasteiger partial charge in [0, 0.05) is 0 Å². The Morgan fingerprint density at radius 1 is 1.36 bits per heavy atom. The van der Waals surface area contributed by atoms with Crippen LogP contribution in [0.2, 0.25) is 0 Å². The predicted molar refractivity (Wildman–Crippen MR) is 52.5 cm³/mol. The molecule has 0 amide bonds. The van der Waals surface area contributed by atoms with E-state index >= 15 is 0 Å². The molecule has 5 heteroatoms. The maximum absolute atomic E-state index is 5.35. The molecule has 0 radical (unpaired) electrons. The average Bonchev–Trinajstić information content (AvgIpc) is 2.70. The van der Waals surface area contributed by atoms with Crippen molar-refractivity contribution in [2.75, 3.05) is 11.1 Å². The van der Waals surface area contributed by atoms with E-state index in [9.17, 15) is 0 Å². The molecular formula is C9H10N4O. The van der Waals surface area contributed by atoms with Gasteiger partial charge >= 0.3 is 0 Å². The van der Waals surface area contributed by atoms with Gasteiger partial charge < -0.3 is 15.5 Å². The van der Waals surface area contributed by atoms with E-state index < -0.39 is 0 Å². The van der Waals surface area contributed by atoms with Crippen LogP contribution in [-0.2, 0) is 6.54 Å². The van der Waals surface area contributed by atoms with Gasteiger partial charge in [-0.25, -0.2) is 9.97 Å². The molecule has 0 saturated carbocycles. The van der Waals surface area contributed by atoms with Crippen molar-refractivity contribution in [1.82, 2.24) is 9.97 Å². The molecule has 0 spiro atoms. The first kappa shape index (κ1) is 8.55. The molecule has 0 unspecified atom stereocenters. The van der Waals surface area contributed by atoms with E-state index in [0.29, 0.717) is 6.54 Å². The van der Waals surface area contributed by atoms with Crippen molar-refractivity contribution in [2.24, 2.45) is 0 Å². The summed E-state index contributed by atoms with van der Waals surface area (Å²) in [7, 11) is 0. The number of rotatable bonds is 3. The third-order valence-electron chi connectivity index (χ3n) is 1.72. The molecule has 5 nitrogen and oxygen atoms in total. The summed E-state index contributed by atoms with van der Waals surface area (Å²) in [6.45, 7) is 0.611. The lowest BCUT2D eigenvalue weighted by Crippen LogP contribution is -2.01. The molecule has 3 N–H and O–H groups in total. The Kier molecular flexibility index (Phi) is 2.31. The monoisotopic (exact) mass is 190 g/mol. The number of aromatic nitrogens is 2. The molecule has 72 valence electrons. The van der Waals surface area contributed by atoms with Crippen molar-refractivity contribution in [3.8, 4) is 0 Å². The van der Waals surface area contributed by atoms with E-state index in [1.54, 1.807) is 18.7 Å². The molecule has 2 heterocycles. The molecule has 0 aliphatic carbocycles. The molecule has 2 aromatic rings. The Balaban J connectivity index is 1.95. The maximum Gasteiger partial charge on any atom is 0.220 e. The van der Waals surface area contributed by atoms with Crippen molar-refractivity contribution in [3.63, 3.8) is 0 Å². The fourth-order valence-corrected chi connectivity index (χ4v) is 1.03. The smallest absolute Gasteiger partial charge is 0.220 e. The topological polar surface area (TPSA) is 77.0 Å². The largest absolute Gasteiger partial charge is 0.467 e. The number of hydrogen-bond donors (Lipinski definition) is 2. The van der Waals surface area contributed by atoms with Crippen LogP contribution >= 0.6 is 0 Å². The van der Waals surface area contributed by atoms with Crippen LogP contribution in [0.5, 0.6) is 0 Å². The van der Waals surface area contributed by atoms with Gasteiger partial charge in [0.15, 0.2) is 0 Å². The van der Waals surface area contributed by atoms with E-state index in [2.05, 4.69) is 15.3 Å². The zero-order chi connectivity index (χ0) is 9.80. The Labute approximate surface area is 81.0 Å². The quantitative estimate of drug-likeness (QED) is 0.762. The summed E-state index contributed by atoms with van der Waals surface area (Å²) >= 11 is 0. The van der Waals surface area contributed by atoms with E-state index in [1.807, 2.05) is 12.1 Å². The van der Waals surface area contributed by atoms with Crippen molar-refractivity contribution in [1.29, 1.82) is 0 Å². The zero-order valence-electron chi connectivity index (χ0n) is 7.47. The molecule has 0 saturated heterocycles. The van der Waals surface area contributed by atoms with Gasteiger partial charge in [0.05, 0.1) is 30.9 Å². The summed E-state index contributed by atoms with van der Waals surface area (Å²) in [4.78, 5) is 7.71. The highest BCUT2D eigenvalue weighted by molar-refractivity contribution is 5.40. The Morgan fingerprint density at radius 3 is 2.79 bits per heavy atom. The number of nitrogens with one attached hydrogen (secondary N) is 1. The second kappa shape index (κ2) is 3.78. The van der Waals surface area contributed by atoms with Crippen LogP contribution in [-0.4, -0.2) is 9.97 Å². The number of hydrogen-bond acceptors (Lipinski definition) is 5. The van der Waals surface area contributed by atoms with Gasteiger partial charge in [-0.1, -0.05) is 0 Å². The van der Waals surface area contributed by atoms with Crippen molar-refractivity contribution in [3.05, 3.63) is 36.5 Å².